The molecule has 0 atom stereocenters. The van der Waals surface area contributed by atoms with Gasteiger partial charge >= 0.3 is 0 Å². The molecule has 0 saturated heterocycles. The maximum atomic E-state index is 4.22. The molecule has 0 aliphatic carbocycles. The number of hydrogen-bond donors (Lipinski definition) is 0. The monoisotopic (exact) mass is 289 g/mol. The number of thiazole rings is 1. The maximum Gasteiger partial charge on any atom is 0.124 e. The molecule has 15 heavy (non-hydrogen) atoms. The molecule has 0 fully saturated rings. The van der Waals surface area contributed by atoms with E-state index in [9.17, 15) is 0 Å². The van der Waals surface area contributed by atoms with Crippen LogP contribution in [-0.4, -0.2) is 15.0 Å². The third kappa shape index (κ3) is 3.79. The molecule has 0 N–H and O–H groups in total. The number of nitrogens with zero attached hydrogens (tertiary/aromatic N) is 3. The smallest absolute Gasteiger partial charge is 0.124 e. The Morgan fingerprint density at radius 1 is 1.27 bits per heavy atom. The Morgan fingerprint density at radius 2 is 2.00 bits per heavy atom. The summed E-state index contributed by atoms with van der Waals surface area (Å²) in [5, 5.41) is 2.95. The minimum absolute atomic E-state index is 0. The second-order valence-corrected chi connectivity index (χ2v) is 3.64. The van der Waals surface area contributed by atoms with Gasteiger partial charge in [0.05, 0.1) is 5.01 Å². The van der Waals surface area contributed by atoms with E-state index < -0.39 is 0 Å². The molecule has 0 bridgehead atoms. The molecule has 1 radical (unpaired) electrons. The molecule has 0 aliphatic rings. The molecule has 2 aromatic rings. The molecule has 71 valence electrons. The summed E-state index contributed by atoms with van der Waals surface area (Å²) in [7, 11) is 0. The molecule has 0 amide bonds. The van der Waals surface area contributed by atoms with Crippen LogP contribution >= 0.6 is 11.3 Å². The van der Waals surface area contributed by atoms with Crippen molar-refractivity contribution in [1.82, 2.24) is 15.0 Å². The Hall–Kier alpha value is -0.626. The van der Waals surface area contributed by atoms with Crippen molar-refractivity contribution in [3.8, 4) is 11.8 Å². The summed E-state index contributed by atoms with van der Waals surface area (Å²) in [6.07, 6.45) is 5.70. The molecule has 0 saturated carbocycles. The topological polar surface area (TPSA) is 38.7 Å². The first-order valence-electron chi connectivity index (χ1n) is 3.97. The van der Waals surface area contributed by atoms with Crippen LogP contribution in [0.15, 0.2) is 17.8 Å². The van der Waals surface area contributed by atoms with Gasteiger partial charge in [0, 0.05) is 44.4 Å². The van der Waals surface area contributed by atoms with Crippen molar-refractivity contribution in [2.75, 3.05) is 0 Å². The van der Waals surface area contributed by atoms with Gasteiger partial charge in [0.25, 0.3) is 0 Å². The van der Waals surface area contributed by atoms with Gasteiger partial charge in [-0.25, -0.2) is 4.98 Å². The largest absolute Gasteiger partial charge is 0.373 e. The van der Waals surface area contributed by atoms with E-state index in [0.29, 0.717) is 0 Å². The number of rotatable bonds is 0. The minimum Gasteiger partial charge on any atom is -0.373 e. The molecule has 3 nitrogen and oxygen atoms in total. The standard InChI is InChI=1S/C10H6N3S.Y/c1-8-13-10(6-14-8)3-2-9-4-11-7-12-5-9;/h4-6H,1H3;/q-1;. The molecule has 5 heteroatoms. The zero-order valence-corrected chi connectivity index (χ0v) is 11.7. The van der Waals surface area contributed by atoms with Crippen LogP contribution < -0.4 is 0 Å². The van der Waals surface area contributed by atoms with Gasteiger partial charge in [-0.15, -0.1) is 11.3 Å². The predicted octanol–water partition coefficient (Wildman–Crippen LogP) is 1.44. The van der Waals surface area contributed by atoms with Gasteiger partial charge in [-0.2, -0.15) is 0 Å². The van der Waals surface area contributed by atoms with Crippen LogP contribution in [0.4, 0.5) is 0 Å². The van der Waals surface area contributed by atoms with E-state index in [1.165, 1.54) is 0 Å². The number of aromatic nitrogens is 3. The van der Waals surface area contributed by atoms with Crippen molar-refractivity contribution in [2.45, 2.75) is 6.92 Å². The molecule has 2 aromatic heterocycles. The van der Waals surface area contributed by atoms with Gasteiger partial charge < -0.3 is 9.97 Å². The fourth-order valence-corrected chi connectivity index (χ4v) is 1.43. The van der Waals surface area contributed by atoms with Gasteiger partial charge in [-0.3, -0.25) is 0 Å². The van der Waals surface area contributed by atoms with Crippen molar-refractivity contribution >= 4 is 11.3 Å². The Morgan fingerprint density at radius 3 is 2.60 bits per heavy atom. The van der Waals surface area contributed by atoms with Gasteiger partial charge in [0.2, 0.25) is 0 Å². The average molecular weight is 289 g/mol. The third-order valence-electron chi connectivity index (χ3n) is 1.48. The van der Waals surface area contributed by atoms with E-state index in [1.54, 1.807) is 23.7 Å². The molecular formula is C10H6N3SY-. The minimum atomic E-state index is 0. The van der Waals surface area contributed by atoms with E-state index in [1.807, 2.05) is 12.3 Å². The van der Waals surface area contributed by atoms with Gasteiger partial charge in [-0.05, 0) is 18.4 Å². The second kappa shape index (κ2) is 6.07. The fourth-order valence-electron chi connectivity index (χ4n) is 0.885. The van der Waals surface area contributed by atoms with Crippen LogP contribution in [0.3, 0.4) is 0 Å². The fraction of sp³-hybridized carbons (Fsp3) is 0.100. The van der Waals surface area contributed by atoms with E-state index in [4.69, 9.17) is 0 Å². The first kappa shape index (κ1) is 12.4. The first-order chi connectivity index (χ1) is 6.84. The van der Waals surface area contributed by atoms with Crippen LogP contribution in [0, 0.1) is 25.1 Å². The Balaban J connectivity index is 0.00000112. The summed E-state index contributed by atoms with van der Waals surface area (Å²) in [4.78, 5) is 11.7. The molecule has 0 aromatic carbocycles. The average Bonchev–Trinajstić information content (AvgIpc) is 2.63. The van der Waals surface area contributed by atoms with Crippen molar-refractivity contribution < 1.29 is 32.7 Å². The van der Waals surface area contributed by atoms with Crippen LogP contribution in [0.5, 0.6) is 0 Å². The summed E-state index contributed by atoms with van der Waals surface area (Å²) < 4.78 is 0. The SMILES string of the molecule is Cc1nc(C#Cc2cn[c-]nc2)cs1.[Y]. The molecule has 2 rings (SSSR count). The molecule has 0 aliphatic heterocycles. The molecule has 0 spiro atoms. The predicted molar refractivity (Wildman–Crippen MR) is 53.7 cm³/mol. The summed E-state index contributed by atoms with van der Waals surface area (Å²) in [6, 6.07) is 0. The van der Waals surface area contributed by atoms with Crippen LogP contribution in [0.2, 0.25) is 0 Å². The Bertz CT molecular complexity index is 484. The summed E-state index contributed by atoms with van der Waals surface area (Å²) in [5.74, 6) is 5.86. The van der Waals surface area contributed by atoms with Crippen molar-refractivity contribution in [3.05, 3.63) is 40.4 Å². The van der Waals surface area contributed by atoms with E-state index in [0.717, 1.165) is 16.3 Å². The van der Waals surface area contributed by atoms with Crippen molar-refractivity contribution in [3.63, 3.8) is 0 Å². The molecule has 2 heterocycles. The molecular weight excluding hydrogens is 283 g/mol. The second-order valence-electron chi connectivity index (χ2n) is 2.57. The summed E-state index contributed by atoms with van der Waals surface area (Å²) >= 11 is 1.59. The van der Waals surface area contributed by atoms with Crippen molar-refractivity contribution in [1.29, 1.82) is 0 Å². The van der Waals surface area contributed by atoms with Crippen LogP contribution in [0.25, 0.3) is 0 Å². The zero-order valence-electron chi connectivity index (χ0n) is 8.06. The maximum absolute atomic E-state index is 4.22. The van der Waals surface area contributed by atoms with Crippen LogP contribution in [0.1, 0.15) is 16.3 Å². The van der Waals surface area contributed by atoms with E-state index in [-0.39, 0.29) is 32.7 Å². The summed E-state index contributed by atoms with van der Waals surface area (Å²) in [5.41, 5.74) is 1.56. The Labute approximate surface area is 117 Å². The Kier molecular flexibility index (Phi) is 5.03. The van der Waals surface area contributed by atoms with Crippen molar-refractivity contribution in [2.24, 2.45) is 0 Å². The van der Waals surface area contributed by atoms with Gasteiger partial charge in [-0.1, -0.05) is 18.3 Å². The first-order valence-corrected chi connectivity index (χ1v) is 4.85. The summed E-state index contributed by atoms with van der Waals surface area (Å²) in [6.45, 7) is 1.95. The normalized spacial score (nSPS) is 8.60. The third-order valence-corrected chi connectivity index (χ3v) is 2.25. The van der Waals surface area contributed by atoms with E-state index in [2.05, 4.69) is 33.1 Å². The zero-order chi connectivity index (χ0) is 9.80. The van der Waals surface area contributed by atoms with Gasteiger partial charge in [0.1, 0.15) is 5.69 Å². The van der Waals surface area contributed by atoms with E-state index >= 15 is 0 Å². The quantitative estimate of drug-likeness (QED) is 0.544. The van der Waals surface area contributed by atoms with Crippen LogP contribution in [-0.2, 0) is 32.7 Å². The number of hydrogen-bond acceptors (Lipinski definition) is 4. The van der Waals surface area contributed by atoms with Gasteiger partial charge in [0.15, 0.2) is 0 Å². The number of aryl methyl sites for hydroxylation is 1. The molecule has 0 unspecified atom stereocenters.